The number of anilines is 1. The van der Waals surface area contributed by atoms with E-state index >= 15 is 0 Å². The molecule has 3 rings (SSSR count). The van der Waals surface area contributed by atoms with Crippen molar-refractivity contribution in [2.24, 2.45) is 0 Å². The Balaban J connectivity index is 2.17. The standard InChI is InChI=1S/C16H22N6O3/c1-9(8-24-4)22-11-7-17-14(23)12(11)19-13(22)10-6-18-16(21(2)3)20-15(10)25-5/h6,9H,7-8H2,1-5H3,(H,17,23)/t9-/m1/s1. The molecule has 0 aromatic carbocycles. The van der Waals surface area contributed by atoms with Crippen LogP contribution in [0.1, 0.15) is 29.1 Å². The minimum atomic E-state index is -0.176. The van der Waals surface area contributed by atoms with Gasteiger partial charge in [-0.2, -0.15) is 4.98 Å². The lowest BCUT2D eigenvalue weighted by molar-refractivity contribution is 0.0961. The molecule has 1 N–H and O–H groups in total. The summed E-state index contributed by atoms with van der Waals surface area (Å²) in [6.45, 7) is 2.94. The summed E-state index contributed by atoms with van der Waals surface area (Å²) in [7, 11) is 6.91. The quantitative estimate of drug-likeness (QED) is 0.829. The van der Waals surface area contributed by atoms with Gasteiger partial charge in [-0.25, -0.2) is 9.97 Å². The Labute approximate surface area is 146 Å². The molecule has 2 aromatic heterocycles. The molecule has 0 saturated carbocycles. The summed E-state index contributed by atoms with van der Waals surface area (Å²) >= 11 is 0. The van der Waals surface area contributed by atoms with Crippen molar-refractivity contribution in [2.45, 2.75) is 19.5 Å². The van der Waals surface area contributed by atoms with Crippen LogP contribution in [0.3, 0.4) is 0 Å². The molecule has 0 spiro atoms. The van der Waals surface area contributed by atoms with Gasteiger partial charge in [-0.1, -0.05) is 0 Å². The molecule has 0 saturated heterocycles. The number of amides is 1. The fourth-order valence-electron chi connectivity index (χ4n) is 2.93. The summed E-state index contributed by atoms with van der Waals surface area (Å²) in [5.74, 6) is 1.37. The minimum Gasteiger partial charge on any atom is -0.480 e. The fourth-order valence-corrected chi connectivity index (χ4v) is 2.93. The molecule has 1 amide bonds. The molecule has 9 nitrogen and oxygen atoms in total. The highest BCUT2D eigenvalue weighted by molar-refractivity contribution is 5.97. The van der Waals surface area contributed by atoms with Crippen LogP contribution in [0, 0.1) is 0 Å². The van der Waals surface area contributed by atoms with Crippen LogP contribution >= 0.6 is 0 Å². The number of ether oxygens (including phenoxy) is 2. The second-order valence-electron chi connectivity index (χ2n) is 6.08. The van der Waals surface area contributed by atoms with Gasteiger partial charge in [-0.15, -0.1) is 0 Å². The third-order valence-electron chi connectivity index (χ3n) is 4.07. The number of hydrogen-bond acceptors (Lipinski definition) is 7. The van der Waals surface area contributed by atoms with Crippen LogP contribution < -0.4 is 15.0 Å². The van der Waals surface area contributed by atoms with E-state index in [-0.39, 0.29) is 11.9 Å². The third-order valence-corrected chi connectivity index (χ3v) is 4.07. The van der Waals surface area contributed by atoms with Crippen molar-refractivity contribution in [3.8, 4) is 17.3 Å². The SMILES string of the molecule is COC[C@@H](C)n1c(-c2cnc(N(C)C)nc2OC)nc2c1CNC2=O. The van der Waals surface area contributed by atoms with Gasteiger partial charge in [-0.05, 0) is 6.92 Å². The number of nitrogens with zero attached hydrogens (tertiary/aromatic N) is 5. The van der Waals surface area contributed by atoms with Crippen molar-refractivity contribution in [3.05, 3.63) is 17.6 Å². The molecule has 9 heteroatoms. The highest BCUT2D eigenvalue weighted by Gasteiger charge is 2.31. The van der Waals surface area contributed by atoms with Crippen molar-refractivity contribution in [3.63, 3.8) is 0 Å². The monoisotopic (exact) mass is 346 g/mol. The maximum absolute atomic E-state index is 12.1. The zero-order valence-corrected chi connectivity index (χ0v) is 15.0. The molecule has 1 aliphatic heterocycles. The normalized spacial score (nSPS) is 14.2. The maximum Gasteiger partial charge on any atom is 0.272 e. The van der Waals surface area contributed by atoms with Gasteiger partial charge in [0.05, 0.1) is 37.6 Å². The predicted molar refractivity (Wildman–Crippen MR) is 91.9 cm³/mol. The Morgan fingerprint density at radius 2 is 2.12 bits per heavy atom. The van der Waals surface area contributed by atoms with Gasteiger partial charge in [0, 0.05) is 27.4 Å². The Morgan fingerprint density at radius 1 is 1.36 bits per heavy atom. The average molecular weight is 346 g/mol. The van der Waals surface area contributed by atoms with Crippen LogP contribution in [0.25, 0.3) is 11.4 Å². The molecule has 134 valence electrons. The minimum absolute atomic E-state index is 0.0119. The molecule has 0 bridgehead atoms. The predicted octanol–water partition coefficient (Wildman–Crippen LogP) is 0.865. The lowest BCUT2D eigenvalue weighted by Crippen LogP contribution is -2.19. The molecule has 0 radical (unpaired) electrons. The van der Waals surface area contributed by atoms with Crippen LogP contribution in [-0.2, 0) is 11.3 Å². The van der Waals surface area contributed by atoms with Gasteiger partial charge in [0.15, 0.2) is 5.69 Å². The lowest BCUT2D eigenvalue weighted by Gasteiger charge is -2.19. The van der Waals surface area contributed by atoms with Crippen molar-refractivity contribution in [1.82, 2.24) is 24.8 Å². The van der Waals surface area contributed by atoms with Crippen LogP contribution in [-0.4, -0.2) is 60.3 Å². The Bertz CT molecular complexity index is 801. The Morgan fingerprint density at radius 3 is 2.76 bits per heavy atom. The van der Waals surface area contributed by atoms with Crippen molar-refractivity contribution < 1.29 is 14.3 Å². The summed E-state index contributed by atoms with van der Waals surface area (Å²) in [5, 5.41) is 2.80. The van der Waals surface area contributed by atoms with E-state index in [4.69, 9.17) is 9.47 Å². The van der Waals surface area contributed by atoms with Gasteiger partial charge in [-0.3, -0.25) is 4.79 Å². The third kappa shape index (κ3) is 2.91. The van der Waals surface area contributed by atoms with Crippen LogP contribution in [0.4, 0.5) is 5.95 Å². The van der Waals surface area contributed by atoms with E-state index in [9.17, 15) is 4.79 Å². The van der Waals surface area contributed by atoms with Gasteiger partial charge < -0.3 is 24.3 Å². The molecule has 1 aliphatic rings. The summed E-state index contributed by atoms with van der Waals surface area (Å²) < 4.78 is 12.7. The van der Waals surface area contributed by atoms with E-state index in [0.717, 1.165) is 5.69 Å². The highest BCUT2D eigenvalue weighted by atomic mass is 16.5. The number of imidazole rings is 1. The van der Waals surface area contributed by atoms with E-state index in [1.165, 1.54) is 0 Å². The molecular formula is C16H22N6O3. The molecule has 0 unspecified atom stereocenters. The molecule has 2 aromatic rings. The number of aromatic nitrogens is 4. The van der Waals surface area contributed by atoms with E-state index in [1.807, 2.05) is 25.6 Å². The van der Waals surface area contributed by atoms with Crippen molar-refractivity contribution in [2.75, 3.05) is 39.8 Å². The van der Waals surface area contributed by atoms with E-state index < -0.39 is 0 Å². The van der Waals surface area contributed by atoms with E-state index in [2.05, 4.69) is 20.3 Å². The number of nitrogens with one attached hydrogen (secondary N) is 1. The smallest absolute Gasteiger partial charge is 0.272 e. The fraction of sp³-hybridized carbons (Fsp3) is 0.500. The topological polar surface area (TPSA) is 94.4 Å². The molecule has 0 fully saturated rings. The second kappa shape index (κ2) is 6.67. The average Bonchev–Trinajstić information content (AvgIpc) is 3.14. The number of fused-ring (bicyclic) bond motifs is 1. The number of hydrogen-bond donors (Lipinski definition) is 1. The van der Waals surface area contributed by atoms with Crippen LogP contribution in [0.2, 0.25) is 0 Å². The molecule has 1 atom stereocenters. The zero-order valence-electron chi connectivity index (χ0n) is 15.0. The second-order valence-corrected chi connectivity index (χ2v) is 6.08. The van der Waals surface area contributed by atoms with E-state index in [0.29, 0.717) is 42.1 Å². The molecule has 3 heterocycles. The first-order chi connectivity index (χ1) is 12.0. The van der Waals surface area contributed by atoms with Gasteiger partial charge in [0.2, 0.25) is 11.8 Å². The number of methoxy groups -OCH3 is 2. The number of carbonyl (C=O) groups is 1. The van der Waals surface area contributed by atoms with Crippen molar-refractivity contribution in [1.29, 1.82) is 0 Å². The van der Waals surface area contributed by atoms with Crippen molar-refractivity contribution >= 4 is 11.9 Å². The highest BCUT2D eigenvalue weighted by Crippen LogP contribution is 2.33. The number of rotatable bonds is 6. The summed E-state index contributed by atoms with van der Waals surface area (Å²) in [6.07, 6.45) is 1.67. The maximum atomic E-state index is 12.1. The van der Waals surface area contributed by atoms with Gasteiger partial charge >= 0.3 is 0 Å². The van der Waals surface area contributed by atoms with Crippen LogP contribution in [0.15, 0.2) is 6.20 Å². The Hall–Kier alpha value is -2.68. The molecule has 0 aliphatic carbocycles. The largest absolute Gasteiger partial charge is 0.480 e. The van der Waals surface area contributed by atoms with Gasteiger partial charge in [0.25, 0.3) is 5.91 Å². The van der Waals surface area contributed by atoms with Gasteiger partial charge in [0.1, 0.15) is 5.82 Å². The zero-order chi connectivity index (χ0) is 18.1. The summed E-state index contributed by atoms with van der Waals surface area (Å²) in [6, 6.07) is -0.0119. The van der Waals surface area contributed by atoms with Crippen LogP contribution in [0.5, 0.6) is 5.88 Å². The first kappa shape index (κ1) is 17.2. The molecule has 25 heavy (non-hydrogen) atoms. The lowest BCUT2D eigenvalue weighted by atomic mass is 10.2. The summed E-state index contributed by atoms with van der Waals surface area (Å²) in [4.78, 5) is 27.2. The first-order valence-corrected chi connectivity index (χ1v) is 7.94. The molecular weight excluding hydrogens is 324 g/mol. The first-order valence-electron chi connectivity index (χ1n) is 7.94. The van der Waals surface area contributed by atoms with E-state index in [1.54, 1.807) is 25.3 Å². The number of carbonyl (C=O) groups excluding carboxylic acids is 1. The Kier molecular flexibility index (Phi) is 4.58. The summed E-state index contributed by atoms with van der Waals surface area (Å²) in [5.41, 5.74) is 1.90.